The molecule has 2 atom stereocenters. The van der Waals surface area contributed by atoms with Gasteiger partial charge in [0.15, 0.2) is 6.61 Å². The molecule has 172 valence electrons. The molecular weight excluding hydrogens is 430 g/mol. The molecule has 32 heavy (non-hydrogen) atoms. The topological polar surface area (TPSA) is 105 Å². The van der Waals surface area contributed by atoms with Crippen molar-refractivity contribution in [3.8, 4) is 5.75 Å². The van der Waals surface area contributed by atoms with Gasteiger partial charge < -0.3 is 15.0 Å². The lowest BCUT2D eigenvalue weighted by atomic mass is 9.97. The van der Waals surface area contributed by atoms with Crippen molar-refractivity contribution in [2.75, 3.05) is 22.9 Å². The lowest BCUT2D eigenvalue weighted by molar-refractivity contribution is -0.139. The molecule has 2 amide bonds. The third-order valence-electron chi connectivity index (χ3n) is 5.43. The molecule has 1 aliphatic heterocycles. The fraction of sp³-hybridized carbons (Fsp3) is 0.391. The Hall–Kier alpha value is -3.07. The highest BCUT2D eigenvalue weighted by Gasteiger charge is 2.29. The maximum Gasteiger partial charge on any atom is 0.260 e. The number of amides is 2. The molecule has 2 aromatic carbocycles. The van der Waals surface area contributed by atoms with E-state index in [4.69, 9.17) is 4.74 Å². The van der Waals surface area contributed by atoms with E-state index in [-0.39, 0.29) is 30.3 Å². The zero-order valence-corrected chi connectivity index (χ0v) is 19.3. The summed E-state index contributed by atoms with van der Waals surface area (Å²) in [5.41, 5.74) is 0.998. The predicted molar refractivity (Wildman–Crippen MR) is 124 cm³/mol. The number of rotatable bonds is 7. The molecule has 0 bridgehead atoms. The monoisotopic (exact) mass is 459 g/mol. The van der Waals surface area contributed by atoms with Gasteiger partial charge in [-0.1, -0.05) is 12.1 Å². The van der Waals surface area contributed by atoms with E-state index in [1.165, 1.54) is 0 Å². The van der Waals surface area contributed by atoms with E-state index >= 15 is 0 Å². The quantitative estimate of drug-likeness (QED) is 0.660. The van der Waals surface area contributed by atoms with Crippen molar-refractivity contribution >= 4 is 33.2 Å². The van der Waals surface area contributed by atoms with Gasteiger partial charge in [0.1, 0.15) is 5.75 Å². The number of carbonyl (C=O) groups is 2. The maximum absolute atomic E-state index is 12.6. The highest BCUT2D eigenvalue weighted by Crippen LogP contribution is 2.24. The van der Waals surface area contributed by atoms with Gasteiger partial charge in [0.05, 0.1) is 17.6 Å². The standard InChI is InChI=1S/C23H29N3O5S/c1-16-7-6-8-17(2)26(16)22(27)15-31-19-13-11-18(12-14-19)23(28)24-20-9-4-5-10-21(20)25-32(3,29)30/h4-5,9-14,16-17,25H,6-8,15H2,1-3H3,(H,24,28). The number of hydrogen-bond acceptors (Lipinski definition) is 5. The molecular formula is C23H29N3O5S. The van der Waals surface area contributed by atoms with Crippen molar-refractivity contribution in [1.82, 2.24) is 4.90 Å². The smallest absolute Gasteiger partial charge is 0.260 e. The molecule has 2 aromatic rings. The van der Waals surface area contributed by atoms with Crippen LogP contribution in [0.25, 0.3) is 0 Å². The lowest BCUT2D eigenvalue weighted by Gasteiger charge is -2.38. The molecule has 2 N–H and O–H groups in total. The number of ether oxygens (including phenoxy) is 1. The Morgan fingerprint density at radius 2 is 1.59 bits per heavy atom. The Balaban J connectivity index is 1.60. The molecule has 0 aromatic heterocycles. The van der Waals surface area contributed by atoms with Gasteiger partial charge in [-0.15, -0.1) is 0 Å². The number of carbonyl (C=O) groups excluding carboxylic acids is 2. The number of sulfonamides is 1. The van der Waals surface area contributed by atoms with Crippen molar-refractivity contribution in [3.63, 3.8) is 0 Å². The van der Waals surface area contributed by atoms with Crippen molar-refractivity contribution in [1.29, 1.82) is 0 Å². The Kier molecular flexibility index (Phi) is 7.40. The summed E-state index contributed by atoms with van der Waals surface area (Å²) in [4.78, 5) is 27.1. The number of anilines is 2. The molecule has 2 unspecified atom stereocenters. The summed E-state index contributed by atoms with van der Waals surface area (Å²) in [5, 5.41) is 2.70. The fourth-order valence-electron chi connectivity index (χ4n) is 3.91. The third kappa shape index (κ3) is 6.23. The van der Waals surface area contributed by atoms with Crippen LogP contribution in [-0.4, -0.2) is 50.1 Å². The molecule has 0 aliphatic carbocycles. The summed E-state index contributed by atoms with van der Waals surface area (Å²) < 4.78 is 31.1. The maximum atomic E-state index is 12.6. The second-order valence-electron chi connectivity index (χ2n) is 8.12. The van der Waals surface area contributed by atoms with Gasteiger partial charge in [0.2, 0.25) is 10.0 Å². The Bertz CT molecular complexity index is 1060. The van der Waals surface area contributed by atoms with Crippen molar-refractivity contribution < 1.29 is 22.7 Å². The summed E-state index contributed by atoms with van der Waals surface area (Å²) in [6, 6.07) is 13.4. The van der Waals surface area contributed by atoms with E-state index in [0.717, 1.165) is 25.5 Å². The van der Waals surface area contributed by atoms with Crippen LogP contribution >= 0.6 is 0 Å². The second-order valence-corrected chi connectivity index (χ2v) is 9.87. The van der Waals surface area contributed by atoms with E-state index in [1.54, 1.807) is 48.5 Å². The molecule has 1 fully saturated rings. The van der Waals surface area contributed by atoms with Crippen LogP contribution < -0.4 is 14.8 Å². The van der Waals surface area contributed by atoms with E-state index < -0.39 is 15.9 Å². The molecule has 0 saturated carbocycles. The number of hydrogen-bond donors (Lipinski definition) is 2. The first-order valence-corrected chi connectivity index (χ1v) is 12.5. The first-order valence-electron chi connectivity index (χ1n) is 10.6. The van der Waals surface area contributed by atoms with Gasteiger partial charge >= 0.3 is 0 Å². The number of likely N-dealkylation sites (tertiary alicyclic amines) is 1. The summed E-state index contributed by atoms with van der Waals surface area (Å²) in [6.45, 7) is 4.07. The van der Waals surface area contributed by atoms with Gasteiger partial charge in [-0.2, -0.15) is 0 Å². The number of nitrogens with one attached hydrogen (secondary N) is 2. The van der Waals surface area contributed by atoms with Crippen molar-refractivity contribution in [2.45, 2.75) is 45.2 Å². The second kappa shape index (κ2) is 10.0. The average molecular weight is 460 g/mol. The van der Waals surface area contributed by atoms with Crippen LogP contribution in [0.1, 0.15) is 43.5 Å². The molecule has 0 radical (unpaired) electrons. The minimum Gasteiger partial charge on any atom is -0.484 e. The van der Waals surface area contributed by atoms with Gasteiger partial charge in [-0.3, -0.25) is 14.3 Å². The molecule has 8 nitrogen and oxygen atoms in total. The van der Waals surface area contributed by atoms with E-state index in [1.807, 2.05) is 4.90 Å². The number of piperidine rings is 1. The first kappa shape index (κ1) is 23.6. The molecule has 0 spiro atoms. The summed E-state index contributed by atoms with van der Waals surface area (Å²) in [6.07, 6.45) is 4.18. The van der Waals surface area contributed by atoms with Crippen LogP contribution in [0.15, 0.2) is 48.5 Å². The Morgan fingerprint density at radius 1 is 1.00 bits per heavy atom. The highest BCUT2D eigenvalue weighted by atomic mass is 32.2. The van der Waals surface area contributed by atoms with Gasteiger partial charge in [-0.25, -0.2) is 8.42 Å². The van der Waals surface area contributed by atoms with Crippen LogP contribution in [0, 0.1) is 0 Å². The van der Waals surface area contributed by atoms with Crippen molar-refractivity contribution in [2.24, 2.45) is 0 Å². The summed E-state index contributed by atoms with van der Waals surface area (Å²) in [5.74, 6) is 0.0548. The van der Waals surface area contributed by atoms with Crippen LogP contribution in [0.5, 0.6) is 5.75 Å². The van der Waals surface area contributed by atoms with E-state index in [9.17, 15) is 18.0 Å². The minimum absolute atomic E-state index is 0.0403. The molecule has 1 aliphatic rings. The van der Waals surface area contributed by atoms with Gasteiger partial charge in [-0.05, 0) is 69.5 Å². The first-order chi connectivity index (χ1) is 15.1. The zero-order chi connectivity index (χ0) is 23.3. The molecule has 3 rings (SSSR count). The summed E-state index contributed by atoms with van der Waals surface area (Å²) >= 11 is 0. The molecule has 9 heteroatoms. The lowest BCUT2D eigenvalue weighted by Crippen LogP contribution is -2.49. The third-order valence-corrected chi connectivity index (χ3v) is 6.02. The van der Waals surface area contributed by atoms with Crippen molar-refractivity contribution in [3.05, 3.63) is 54.1 Å². The number of nitrogens with zero attached hydrogens (tertiary/aromatic N) is 1. The largest absolute Gasteiger partial charge is 0.484 e. The number of para-hydroxylation sites is 2. The SMILES string of the molecule is CC1CCCC(C)N1C(=O)COc1ccc(C(=O)Nc2ccccc2NS(C)(=O)=O)cc1. The highest BCUT2D eigenvalue weighted by molar-refractivity contribution is 7.92. The summed E-state index contributed by atoms with van der Waals surface area (Å²) in [7, 11) is -3.48. The minimum atomic E-state index is -3.48. The van der Waals surface area contributed by atoms with E-state index in [2.05, 4.69) is 23.9 Å². The van der Waals surface area contributed by atoms with Crippen LogP contribution in [0.2, 0.25) is 0 Å². The van der Waals surface area contributed by atoms with Gasteiger partial charge in [0, 0.05) is 17.6 Å². The predicted octanol–water partition coefficient (Wildman–Crippen LogP) is 3.48. The number of benzene rings is 2. The normalized spacial score (nSPS) is 18.7. The average Bonchev–Trinajstić information content (AvgIpc) is 2.73. The molecule has 1 saturated heterocycles. The van der Waals surface area contributed by atoms with E-state index in [0.29, 0.717) is 17.0 Å². The van der Waals surface area contributed by atoms with Gasteiger partial charge in [0.25, 0.3) is 11.8 Å². The zero-order valence-electron chi connectivity index (χ0n) is 18.5. The Labute approximate surface area is 189 Å². The Morgan fingerprint density at radius 3 is 2.19 bits per heavy atom. The van der Waals surface area contributed by atoms with Crippen LogP contribution in [0.4, 0.5) is 11.4 Å². The van der Waals surface area contributed by atoms with Crippen LogP contribution in [-0.2, 0) is 14.8 Å². The van der Waals surface area contributed by atoms with Crippen LogP contribution in [0.3, 0.4) is 0 Å². The fourth-order valence-corrected chi connectivity index (χ4v) is 4.49. The molecule has 1 heterocycles.